The first kappa shape index (κ1) is 25.9. The Bertz CT molecular complexity index is 1530. The number of nitrogens with one attached hydrogen (secondary N) is 1. The molecule has 2 saturated heterocycles. The molecular weight excluding hydrogens is 504 g/mol. The highest BCUT2D eigenvalue weighted by atomic mass is 16.3. The zero-order chi connectivity index (χ0) is 27.4. The number of aliphatic hydroxyl groups is 1. The van der Waals surface area contributed by atoms with Crippen molar-refractivity contribution in [2.24, 2.45) is 11.3 Å². The van der Waals surface area contributed by atoms with Gasteiger partial charge in [0.25, 0.3) is 0 Å². The van der Waals surface area contributed by atoms with E-state index in [1.165, 1.54) is 55.0 Å². The van der Waals surface area contributed by atoms with E-state index in [1.807, 2.05) is 6.20 Å². The Hall–Kier alpha value is -2.73. The summed E-state index contributed by atoms with van der Waals surface area (Å²) in [6, 6.07) is 11.3. The SMILES string of the molecule is O[C@]12C=C(c3nccc4c3[nH]c3ccccc34)C3CCN(CCCCC=CCC1)C[C@@]31CC3C=CCCCCN3[C@H]12. The Labute approximate surface area is 244 Å². The van der Waals surface area contributed by atoms with Gasteiger partial charge in [0.15, 0.2) is 0 Å². The molecule has 0 radical (unpaired) electrons. The number of piperidine rings is 1. The fourth-order valence-electron chi connectivity index (χ4n) is 9.59. The van der Waals surface area contributed by atoms with Crippen LogP contribution in [0.25, 0.3) is 27.4 Å². The third kappa shape index (κ3) is 4.18. The molecular formula is C36H44N4O. The Morgan fingerprint density at radius 2 is 1.76 bits per heavy atom. The fourth-order valence-corrected chi connectivity index (χ4v) is 9.59. The number of para-hydroxylation sites is 1. The predicted molar refractivity (Wildman–Crippen MR) is 168 cm³/mol. The van der Waals surface area contributed by atoms with Crippen molar-refractivity contribution in [2.45, 2.75) is 81.9 Å². The average Bonchev–Trinajstić information content (AvgIpc) is 3.49. The second kappa shape index (κ2) is 10.2. The first-order chi connectivity index (χ1) is 20.2. The Morgan fingerprint density at radius 1 is 0.902 bits per heavy atom. The minimum atomic E-state index is -0.898. The Balaban J connectivity index is 1.35. The molecule has 2 N–H and O–H groups in total. The number of rotatable bonds is 1. The minimum Gasteiger partial charge on any atom is -0.384 e. The van der Waals surface area contributed by atoms with E-state index in [0.29, 0.717) is 12.0 Å². The van der Waals surface area contributed by atoms with Gasteiger partial charge in [0.2, 0.25) is 0 Å². The second-order valence-electron chi connectivity index (χ2n) is 13.5. The summed E-state index contributed by atoms with van der Waals surface area (Å²) in [5, 5.41) is 15.5. The highest BCUT2D eigenvalue weighted by Gasteiger charge is 2.65. The van der Waals surface area contributed by atoms with Crippen LogP contribution in [0.3, 0.4) is 0 Å². The van der Waals surface area contributed by atoms with Crippen LogP contribution >= 0.6 is 0 Å². The van der Waals surface area contributed by atoms with E-state index in [0.717, 1.165) is 68.5 Å². The molecule has 4 aliphatic heterocycles. The Kier molecular flexibility index (Phi) is 6.46. The Morgan fingerprint density at radius 3 is 2.71 bits per heavy atom. The van der Waals surface area contributed by atoms with Crippen LogP contribution in [0.4, 0.5) is 0 Å². The van der Waals surface area contributed by atoms with Crippen molar-refractivity contribution in [3.05, 3.63) is 72.6 Å². The largest absolute Gasteiger partial charge is 0.384 e. The smallest absolute Gasteiger partial charge is 0.0998 e. The van der Waals surface area contributed by atoms with E-state index >= 15 is 0 Å². The maximum Gasteiger partial charge on any atom is 0.0998 e. The zero-order valence-electron chi connectivity index (χ0n) is 24.3. The highest BCUT2D eigenvalue weighted by molar-refractivity contribution is 6.09. The quantitative estimate of drug-likeness (QED) is 0.326. The second-order valence-corrected chi connectivity index (χ2v) is 13.5. The van der Waals surface area contributed by atoms with Crippen molar-refractivity contribution in [3.8, 4) is 0 Å². The minimum absolute atomic E-state index is 0.00403. The van der Waals surface area contributed by atoms with Gasteiger partial charge in [0, 0.05) is 40.5 Å². The van der Waals surface area contributed by atoms with Crippen LogP contribution in [0.2, 0.25) is 0 Å². The molecule has 5 nitrogen and oxygen atoms in total. The highest BCUT2D eigenvalue weighted by Crippen LogP contribution is 2.61. The molecule has 6 atom stereocenters. The summed E-state index contributed by atoms with van der Waals surface area (Å²) in [6.07, 6.45) is 25.2. The molecule has 3 aromatic rings. The van der Waals surface area contributed by atoms with Crippen LogP contribution in [-0.4, -0.2) is 68.7 Å². The molecule has 0 amide bonds. The maximum atomic E-state index is 13.1. The molecule has 1 aliphatic carbocycles. The number of pyridine rings is 1. The number of aromatic nitrogens is 2. The number of hydrogen-bond acceptors (Lipinski definition) is 4. The first-order valence-corrected chi connectivity index (χ1v) is 16.3. The lowest BCUT2D eigenvalue weighted by atomic mass is 9.54. The average molecular weight is 549 g/mol. The molecule has 0 saturated carbocycles. The molecule has 41 heavy (non-hydrogen) atoms. The molecule has 3 bridgehead atoms. The van der Waals surface area contributed by atoms with Crippen molar-refractivity contribution in [1.29, 1.82) is 0 Å². The van der Waals surface area contributed by atoms with Crippen LogP contribution in [0, 0.1) is 11.3 Å². The monoisotopic (exact) mass is 548 g/mol. The summed E-state index contributed by atoms with van der Waals surface area (Å²) in [5.41, 5.74) is 3.74. The van der Waals surface area contributed by atoms with E-state index in [4.69, 9.17) is 4.98 Å². The van der Waals surface area contributed by atoms with E-state index in [1.54, 1.807) is 0 Å². The number of hydrogen-bond donors (Lipinski definition) is 2. The summed E-state index contributed by atoms with van der Waals surface area (Å²) in [7, 11) is 0. The summed E-state index contributed by atoms with van der Waals surface area (Å²) in [6.45, 7) is 4.47. The van der Waals surface area contributed by atoms with E-state index in [9.17, 15) is 5.11 Å². The summed E-state index contributed by atoms with van der Waals surface area (Å²) in [5.74, 6) is 0.385. The third-order valence-corrected chi connectivity index (χ3v) is 11.2. The number of allylic oxidation sites excluding steroid dienone is 4. The molecule has 1 aromatic carbocycles. The normalized spacial score (nSPS) is 36.1. The molecule has 2 aromatic heterocycles. The van der Waals surface area contributed by atoms with Gasteiger partial charge in [0.1, 0.15) is 0 Å². The number of nitrogens with zero attached hydrogens (tertiary/aromatic N) is 3. The summed E-state index contributed by atoms with van der Waals surface area (Å²) in [4.78, 5) is 14.4. The van der Waals surface area contributed by atoms with Crippen molar-refractivity contribution in [3.63, 3.8) is 0 Å². The zero-order valence-corrected chi connectivity index (χ0v) is 24.3. The van der Waals surface area contributed by atoms with Gasteiger partial charge in [-0.25, -0.2) is 0 Å². The number of benzene rings is 1. The van der Waals surface area contributed by atoms with Gasteiger partial charge in [-0.2, -0.15) is 0 Å². The lowest BCUT2D eigenvalue weighted by Crippen LogP contribution is -2.65. The van der Waals surface area contributed by atoms with Crippen LogP contribution in [-0.2, 0) is 0 Å². The number of fused-ring (bicyclic) bond motifs is 5. The van der Waals surface area contributed by atoms with Crippen molar-refractivity contribution in [1.82, 2.24) is 19.8 Å². The van der Waals surface area contributed by atoms with Gasteiger partial charge in [-0.1, -0.05) is 42.5 Å². The molecule has 8 rings (SSSR count). The lowest BCUT2D eigenvalue weighted by Gasteiger charge is -2.58. The summed E-state index contributed by atoms with van der Waals surface area (Å²) < 4.78 is 0. The van der Waals surface area contributed by atoms with E-state index in [-0.39, 0.29) is 11.5 Å². The lowest BCUT2D eigenvalue weighted by molar-refractivity contribution is -0.0894. The van der Waals surface area contributed by atoms with Crippen molar-refractivity contribution >= 4 is 27.4 Å². The van der Waals surface area contributed by atoms with Crippen LogP contribution < -0.4 is 0 Å². The molecule has 5 heteroatoms. The van der Waals surface area contributed by atoms with Gasteiger partial charge in [-0.3, -0.25) is 9.88 Å². The van der Waals surface area contributed by atoms with Gasteiger partial charge >= 0.3 is 0 Å². The molecule has 3 unspecified atom stereocenters. The molecule has 2 fully saturated rings. The molecule has 5 aliphatic rings. The molecule has 6 heterocycles. The standard InChI is InChI=1S/C36H44N4O/c41-36-18-10-4-1-2-5-11-20-39-22-17-30(35(25-39)23-26-13-7-3-6-12-21-40(26)34(35)36)29(24-36)32-33-28(16-19-37-32)27-14-8-9-15-31(27)38-33/h1,4,7-9,13-16,19,24,26,30,34,38,41H,2-3,5-6,10-12,17-18,20-23,25H2/t26?,30?,34-,35+,36+/m1/s1. The topological polar surface area (TPSA) is 55.4 Å². The number of aromatic amines is 1. The molecule has 214 valence electrons. The third-order valence-electron chi connectivity index (χ3n) is 11.2. The van der Waals surface area contributed by atoms with Gasteiger partial charge in [-0.15, -0.1) is 0 Å². The first-order valence-electron chi connectivity index (χ1n) is 16.3. The predicted octanol–water partition coefficient (Wildman–Crippen LogP) is 6.86. The van der Waals surface area contributed by atoms with Gasteiger partial charge in [-0.05, 0) is 114 Å². The van der Waals surface area contributed by atoms with Crippen LogP contribution in [0.15, 0.2) is 66.9 Å². The van der Waals surface area contributed by atoms with Crippen LogP contribution in [0.5, 0.6) is 0 Å². The van der Waals surface area contributed by atoms with Crippen molar-refractivity contribution < 1.29 is 5.11 Å². The summed E-state index contributed by atoms with van der Waals surface area (Å²) >= 11 is 0. The fraction of sp³-hybridized carbons (Fsp3) is 0.528. The van der Waals surface area contributed by atoms with E-state index in [2.05, 4.69) is 75.5 Å². The number of H-pyrrole nitrogens is 1. The van der Waals surface area contributed by atoms with E-state index < -0.39 is 5.60 Å². The van der Waals surface area contributed by atoms with Crippen molar-refractivity contribution in [2.75, 3.05) is 26.2 Å². The maximum absolute atomic E-state index is 13.1. The molecule has 1 spiro atoms. The van der Waals surface area contributed by atoms with Crippen LogP contribution in [0.1, 0.15) is 69.9 Å². The van der Waals surface area contributed by atoms with Gasteiger partial charge in [0.05, 0.1) is 22.9 Å². The van der Waals surface area contributed by atoms with Gasteiger partial charge < -0.3 is 15.0 Å².